The molecule has 7 nitrogen and oxygen atoms in total. The molecule has 0 spiro atoms. The van der Waals surface area contributed by atoms with E-state index in [4.69, 9.17) is 11.6 Å². The van der Waals surface area contributed by atoms with Gasteiger partial charge in [-0.05, 0) is 54.3 Å². The maximum Gasteiger partial charge on any atom is 0.417 e. The van der Waals surface area contributed by atoms with E-state index in [2.05, 4.69) is 5.32 Å². The zero-order valence-corrected chi connectivity index (χ0v) is 28.2. The molecule has 0 aromatic heterocycles. The van der Waals surface area contributed by atoms with E-state index in [1.807, 2.05) is 30.3 Å². The summed E-state index contributed by atoms with van der Waals surface area (Å²) in [4.78, 5) is 29.8. The Morgan fingerprint density at radius 1 is 0.816 bits per heavy atom. The first-order chi connectivity index (χ1) is 23.4. The second-order valence-corrected chi connectivity index (χ2v) is 14.3. The topological polar surface area (TPSA) is 86.8 Å². The monoisotopic (exact) mass is 711 g/mol. The Hall–Kier alpha value is -4.35. The molecule has 2 amide bonds. The zero-order valence-electron chi connectivity index (χ0n) is 26.7. The highest BCUT2D eigenvalue weighted by atomic mass is 35.5. The van der Waals surface area contributed by atoms with Gasteiger partial charge in [0.25, 0.3) is 10.0 Å². The summed E-state index contributed by atoms with van der Waals surface area (Å²) in [6.07, 6.45) is -0.151. The fraction of sp³-hybridized carbons (Fsp3) is 0.297. The number of halogens is 4. The number of nitrogens with one attached hydrogen (secondary N) is 1. The zero-order chi connectivity index (χ0) is 35.0. The second kappa shape index (κ2) is 15.9. The number of hydrogen-bond donors (Lipinski definition) is 1. The molecule has 1 aliphatic rings. The van der Waals surface area contributed by atoms with Gasteiger partial charge in [-0.25, -0.2) is 8.42 Å². The minimum absolute atomic E-state index is 0.0527. The van der Waals surface area contributed by atoms with Crippen LogP contribution in [0.1, 0.15) is 48.8 Å². The lowest BCUT2D eigenvalue weighted by atomic mass is 9.94. The molecule has 0 saturated heterocycles. The number of anilines is 1. The van der Waals surface area contributed by atoms with E-state index in [9.17, 15) is 31.2 Å². The second-order valence-electron chi connectivity index (χ2n) is 12.0. The Bertz CT molecular complexity index is 1820. The minimum atomic E-state index is -4.89. The highest BCUT2D eigenvalue weighted by Gasteiger charge is 2.38. The van der Waals surface area contributed by atoms with Crippen LogP contribution in [-0.2, 0) is 38.8 Å². The fourth-order valence-corrected chi connectivity index (χ4v) is 7.66. The van der Waals surface area contributed by atoms with Crippen LogP contribution >= 0.6 is 11.6 Å². The van der Waals surface area contributed by atoms with Gasteiger partial charge in [0.2, 0.25) is 11.8 Å². The van der Waals surface area contributed by atoms with Crippen molar-refractivity contribution in [2.24, 2.45) is 0 Å². The molecule has 1 saturated carbocycles. The summed E-state index contributed by atoms with van der Waals surface area (Å²) < 4.78 is 70.8. The first kappa shape index (κ1) is 35.9. The average Bonchev–Trinajstić information content (AvgIpc) is 3.10. The Kier molecular flexibility index (Phi) is 11.7. The van der Waals surface area contributed by atoms with Gasteiger partial charge in [-0.15, -0.1) is 0 Å². The molecule has 1 fully saturated rings. The van der Waals surface area contributed by atoms with Crippen LogP contribution in [0.3, 0.4) is 0 Å². The SMILES string of the molecule is O=C(NC1CCCCC1)[C@@H](Cc1ccccc1)N(Cc1ccccc1)C(=O)CN(c1ccc(Cl)c(C(F)(F)F)c1)S(=O)(=O)c1ccccc1. The van der Waals surface area contributed by atoms with Crippen LogP contribution in [0.2, 0.25) is 5.02 Å². The number of alkyl halides is 3. The van der Waals surface area contributed by atoms with E-state index in [1.165, 1.54) is 29.2 Å². The number of hydrogen-bond acceptors (Lipinski definition) is 4. The van der Waals surface area contributed by atoms with E-state index in [0.29, 0.717) is 15.9 Å². The van der Waals surface area contributed by atoms with Crippen molar-refractivity contribution < 1.29 is 31.2 Å². The Morgan fingerprint density at radius 2 is 1.39 bits per heavy atom. The van der Waals surface area contributed by atoms with Crippen molar-refractivity contribution in [3.63, 3.8) is 0 Å². The summed E-state index contributed by atoms with van der Waals surface area (Å²) in [5, 5.41) is 2.51. The van der Waals surface area contributed by atoms with Gasteiger partial charge in [-0.1, -0.05) is 110 Å². The van der Waals surface area contributed by atoms with Crippen molar-refractivity contribution in [3.8, 4) is 0 Å². The van der Waals surface area contributed by atoms with E-state index in [0.717, 1.165) is 49.8 Å². The average molecular weight is 712 g/mol. The van der Waals surface area contributed by atoms with Crippen LogP contribution < -0.4 is 9.62 Å². The molecule has 12 heteroatoms. The Balaban J connectivity index is 1.59. The predicted octanol–water partition coefficient (Wildman–Crippen LogP) is 7.64. The van der Waals surface area contributed by atoms with E-state index >= 15 is 0 Å². The van der Waals surface area contributed by atoms with Crippen LogP contribution in [0.4, 0.5) is 18.9 Å². The largest absolute Gasteiger partial charge is 0.417 e. The lowest BCUT2D eigenvalue weighted by molar-refractivity contribution is -0.140. The minimum Gasteiger partial charge on any atom is -0.352 e. The van der Waals surface area contributed by atoms with E-state index < -0.39 is 51.0 Å². The molecule has 1 atom stereocenters. The van der Waals surface area contributed by atoms with Gasteiger partial charge in [-0.2, -0.15) is 13.2 Å². The van der Waals surface area contributed by atoms with Gasteiger partial charge < -0.3 is 10.2 Å². The molecule has 5 rings (SSSR count). The molecular formula is C37H37ClF3N3O4S. The maximum atomic E-state index is 14.6. The molecule has 0 radical (unpaired) electrons. The molecule has 49 heavy (non-hydrogen) atoms. The van der Waals surface area contributed by atoms with Gasteiger partial charge in [0.05, 0.1) is 21.2 Å². The fourth-order valence-electron chi connectivity index (χ4n) is 6.01. The quantitative estimate of drug-likeness (QED) is 0.164. The smallest absolute Gasteiger partial charge is 0.352 e. The molecule has 0 unspecified atom stereocenters. The van der Waals surface area contributed by atoms with E-state index in [-0.39, 0.29) is 29.8 Å². The number of benzene rings is 4. The summed E-state index contributed by atoms with van der Waals surface area (Å²) in [6, 6.07) is 26.8. The lowest BCUT2D eigenvalue weighted by Crippen LogP contribution is -2.55. The maximum absolute atomic E-state index is 14.6. The first-order valence-corrected chi connectivity index (χ1v) is 17.9. The highest BCUT2D eigenvalue weighted by molar-refractivity contribution is 7.92. The number of sulfonamides is 1. The summed E-state index contributed by atoms with van der Waals surface area (Å²) >= 11 is 5.89. The third-order valence-corrected chi connectivity index (χ3v) is 10.7. The Morgan fingerprint density at radius 3 is 1.98 bits per heavy atom. The third-order valence-electron chi connectivity index (χ3n) is 8.57. The van der Waals surface area contributed by atoms with Crippen LogP contribution in [0.25, 0.3) is 0 Å². The van der Waals surface area contributed by atoms with Gasteiger partial charge in [-0.3, -0.25) is 13.9 Å². The number of rotatable bonds is 12. The standard InChI is InChI=1S/C37H37ClF3N3O4S/c38-33-22-21-30(24-32(33)37(39,40)41)44(49(47,48)31-19-11-4-12-20-31)26-35(45)43(25-28-15-7-2-8-16-28)34(23-27-13-5-1-6-14-27)36(46)42-29-17-9-3-10-18-29/h1-2,4-8,11-16,19-22,24,29,34H,3,9-10,17-18,23,25-26H2,(H,42,46)/t34-/m1/s1. The molecule has 4 aromatic carbocycles. The van der Waals surface area contributed by atoms with Crippen molar-refractivity contribution in [2.45, 2.75) is 68.2 Å². The van der Waals surface area contributed by atoms with Gasteiger partial charge in [0.1, 0.15) is 12.6 Å². The first-order valence-electron chi connectivity index (χ1n) is 16.1. The van der Waals surface area contributed by atoms with Crippen LogP contribution in [0, 0.1) is 0 Å². The molecule has 258 valence electrons. The predicted molar refractivity (Wildman–Crippen MR) is 183 cm³/mol. The Labute approximate surface area is 289 Å². The third kappa shape index (κ3) is 9.21. The molecule has 1 N–H and O–H groups in total. The molecule has 0 bridgehead atoms. The van der Waals surface area contributed by atoms with Gasteiger partial charge in [0, 0.05) is 19.0 Å². The number of carbonyl (C=O) groups is 2. The van der Waals surface area contributed by atoms with Crippen LogP contribution in [-0.4, -0.2) is 43.8 Å². The summed E-state index contributed by atoms with van der Waals surface area (Å²) in [5.41, 5.74) is -0.191. The van der Waals surface area contributed by atoms with Crippen molar-refractivity contribution in [3.05, 3.63) is 131 Å². The molecular weight excluding hydrogens is 675 g/mol. The molecule has 0 heterocycles. The highest BCUT2D eigenvalue weighted by Crippen LogP contribution is 2.38. The van der Waals surface area contributed by atoms with Crippen molar-refractivity contribution in [1.29, 1.82) is 0 Å². The van der Waals surface area contributed by atoms with E-state index in [1.54, 1.807) is 36.4 Å². The van der Waals surface area contributed by atoms with Crippen LogP contribution in [0.15, 0.2) is 114 Å². The van der Waals surface area contributed by atoms with Crippen molar-refractivity contribution in [2.75, 3.05) is 10.8 Å². The summed E-state index contributed by atoms with van der Waals surface area (Å²) in [5.74, 6) is -1.16. The van der Waals surface area contributed by atoms with Crippen LogP contribution in [0.5, 0.6) is 0 Å². The van der Waals surface area contributed by atoms with Gasteiger partial charge in [0.15, 0.2) is 0 Å². The molecule has 4 aromatic rings. The number of nitrogens with zero attached hydrogens (tertiary/aromatic N) is 2. The van der Waals surface area contributed by atoms with Crippen molar-refractivity contribution in [1.82, 2.24) is 10.2 Å². The molecule has 1 aliphatic carbocycles. The normalized spacial score (nSPS) is 14.5. The lowest BCUT2D eigenvalue weighted by Gasteiger charge is -2.35. The van der Waals surface area contributed by atoms with Crippen molar-refractivity contribution >= 4 is 39.1 Å². The molecule has 0 aliphatic heterocycles. The summed E-state index contributed by atoms with van der Waals surface area (Å²) in [7, 11) is -4.58. The number of carbonyl (C=O) groups excluding carboxylic acids is 2. The number of amides is 2. The summed E-state index contributed by atoms with van der Waals surface area (Å²) in [6.45, 7) is -0.937. The van der Waals surface area contributed by atoms with Gasteiger partial charge >= 0.3 is 6.18 Å².